The third-order valence-electron chi connectivity index (χ3n) is 2.41. The first-order valence-electron chi connectivity index (χ1n) is 5.58. The minimum Gasteiger partial charge on any atom is -0.495 e. The molecule has 0 fully saturated rings. The number of primary sulfonamides is 1. The number of rotatable bonds is 3. The Balaban J connectivity index is 3.17. The van der Waals surface area contributed by atoms with Gasteiger partial charge >= 0.3 is 0 Å². The lowest BCUT2D eigenvalue weighted by atomic mass is 9.95. The summed E-state index contributed by atoms with van der Waals surface area (Å²) in [7, 11) is -2.57. The number of hydrogen-bond donors (Lipinski definition) is 2. The molecule has 0 saturated heterocycles. The van der Waals surface area contributed by atoms with E-state index in [0.29, 0.717) is 5.69 Å². The Labute approximate surface area is 113 Å². The fourth-order valence-electron chi connectivity index (χ4n) is 1.30. The Morgan fingerprint density at radius 3 is 2.32 bits per heavy atom. The van der Waals surface area contributed by atoms with E-state index in [1.54, 1.807) is 26.8 Å². The summed E-state index contributed by atoms with van der Waals surface area (Å²) in [6.07, 6.45) is 0. The number of benzene rings is 1. The van der Waals surface area contributed by atoms with Gasteiger partial charge in [0.25, 0.3) is 0 Å². The summed E-state index contributed by atoms with van der Waals surface area (Å²) >= 11 is 0. The highest BCUT2D eigenvalue weighted by Crippen LogP contribution is 2.27. The number of nitrogens with two attached hydrogens (primary N) is 1. The van der Waals surface area contributed by atoms with Crippen molar-refractivity contribution in [1.29, 1.82) is 0 Å². The molecule has 0 spiro atoms. The molecule has 0 heterocycles. The van der Waals surface area contributed by atoms with Crippen molar-refractivity contribution in [1.82, 2.24) is 0 Å². The van der Waals surface area contributed by atoms with Gasteiger partial charge in [0.2, 0.25) is 15.9 Å². The lowest BCUT2D eigenvalue weighted by molar-refractivity contribution is -0.123. The molecule has 7 heteroatoms. The average Bonchev–Trinajstić information content (AvgIpc) is 2.26. The van der Waals surface area contributed by atoms with Crippen LogP contribution in [-0.4, -0.2) is 21.4 Å². The zero-order valence-corrected chi connectivity index (χ0v) is 12.2. The Morgan fingerprint density at radius 1 is 1.32 bits per heavy atom. The molecule has 19 heavy (non-hydrogen) atoms. The van der Waals surface area contributed by atoms with Crippen molar-refractivity contribution < 1.29 is 17.9 Å². The van der Waals surface area contributed by atoms with Crippen molar-refractivity contribution in [2.24, 2.45) is 10.6 Å². The van der Waals surface area contributed by atoms with E-state index in [0.717, 1.165) is 0 Å². The lowest BCUT2D eigenvalue weighted by Gasteiger charge is -2.18. The molecule has 0 atom stereocenters. The summed E-state index contributed by atoms with van der Waals surface area (Å²) in [5.41, 5.74) is -0.230. The first-order valence-corrected chi connectivity index (χ1v) is 7.12. The van der Waals surface area contributed by atoms with Gasteiger partial charge in [-0.15, -0.1) is 0 Å². The highest BCUT2D eigenvalue weighted by molar-refractivity contribution is 7.89. The molecule has 0 aromatic heterocycles. The molecule has 1 amide bonds. The van der Waals surface area contributed by atoms with Gasteiger partial charge in [-0.3, -0.25) is 4.79 Å². The van der Waals surface area contributed by atoms with Crippen molar-refractivity contribution in [2.45, 2.75) is 25.7 Å². The maximum Gasteiger partial charge on any atom is 0.241 e. The zero-order valence-electron chi connectivity index (χ0n) is 11.4. The van der Waals surface area contributed by atoms with E-state index in [1.807, 2.05) is 0 Å². The highest BCUT2D eigenvalue weighted by Gasteiger charge is 2.22. The van der Waals surface area contributed by atoms with Crippen LogP contribution in [0.25, 0.3) is 0 Å². The van der Waals surface area contributed by atoms with E-state index >= 15 is 0 Å². The number of ether oxygens (including phenoxy) is 1. The number of carbonyl (C=O) groups excluding carboxylic acids is 1. The minimum atomic E-state index is -3.92. The molecule has 0 aliphatic rings. The molecule has 0 bridgehead atoms. The Morgan fingerprint density at radius 2 is 1.89 bits per heavy atom. The number of nitrogens with one attached hydrogen (secondary N) is 1. The SMILES string of the molecule is COc1ccc(NC(=O)C(C)(C)C)cc1S(N)(=O)=O. The second kappa shape index (κ2) is 5.18. The molecule has 106 valence electrons. The summed E-state index contributed by atoms with van der Waals surface area (Å²) in [6, 6.07) is 4.27. The summed E-state index contributed by atoms with van der Waals surface area (Å²) in [4.78, 5) is 11.7. The van der Waals surface area contributed by atoms with Crippen molar-refractivity contribution >= 4 is 21.6 Å². The standard InChI is InChI=1S/C12H18N2O4S/c1-12(2,3)11(15)14-8-5-6-9(18-4)10(7-8)19(13,16)17/h5-7H,1-4H3,(H,14,15)(H2,13,16,17). The molecule has 0 unspecified atom stereocenters. The summed E-state index contributed by atoms with van der Waals surface area (Å²) in [5, 5.41) is 7.73. The van der Waals surface area contributed by atoms with Gasteiger partial charge in [-0.1, -0.05) is 20.8 Å². The maximum atomic E-state index is 11.8. The van der Waals surface area contributed by atoms with Crippen molar-refractivity contribution in [3.8, 4) is 5.75 Å². The van der Waals surface area contributed by atoms with Crippen LogP contribution in [0.4, 0.5) is 5.69 Å². The van der Waals surface area contributed by atoms with Gasteiger partial charge in [0.15, 0.2) is 0 Å². The number of amides is 1. The monoisotopic (exact) mass is 286 g/mol. The molecule has 1 aromatic rings. The first kappa shape index (κ1) is 15.5. The van der Waals surface area contributed by atoms with Gasteiger partial charge in [0.05, 0.1) is 7.11 Å². The van der Waals surface area contributed by atoms with Crippen LogP contribution in [0.5, 0.6) is 5.75 Å². The Bertz CT molecular complexity index is 588. The van der Waals surface area contributed by atoms with Gasteiger partial charge in [0.1, 0.15) is 10.6 Å². The van der Waals surface area contributed by atoms with E-state index in [4.69, 9.17) is 9.88 Å². The van der Waals surface area contributed by atoms with Crippen LogP contribution in [0.3, 0.4) is 0 Å². The van der Waals surface area contributed by atoms with Crippen LogP contribution < -0.4 is 15.2 Å². The van der Waals surface area contributed by atoms with E-state index in [1.165, 1.54) is 19.2 Å². The third kappa shape index (κ3) is 3.93. The van der Waals surface area contributed by atoms with Crippen molar-refractivity contribution in [2.75, 3.05) is 12.4 Å². The van der Waals surface area contributed by atoms with Crippen LogP contribution in [0.15, 0.2) is 23.1 Å². The van der Waals surface area contributed by atoms with Crippen LogP contribution in [0, 0.1) is 5.41 Å². The smallest absolute Gasteiger partial charge is 0.241 e. The number of sulfonamides is 1. The molecule has 1 aromatic carbocycles. The molecule has 6 nitrogen and oxygen atoms in total. The number of hydrogen-bond acceptors (Lipinski definition) is 4. The predicted molar refractivity (Wildman–Crippen MR) is 72.5 cm³/mol. The molecule has 1 rings (SSSR count). The third-order valence-corrected chi connectivity index (χ3v) is 3.34. The van der Waals surface area contributed by atoms with Gasteiger partial charge < -0.3 is 10.1 Å². The van der Waals surface area contributed by atoms with Gasteiger partial charge in [-0.25, -0.2) is 13.6 Å². The lowest BCUT2D eigenvalue weighted by Crippen LogP contribution is -2.27. The van der Waals surface area contributed by atoms with Crippen molar-refractivity contribution in [3.05, 3.63) is 18.2 Å². The van der Waals surface area contributed by atoms with Gasteiger partial charge in [-0.05, 0) is 18.2 Å². The van der Waals surface area contributed by atoms with E-state index < -0.39 is 15.4 Å². The van der Waals surface area contributed by atoms with E-state index in [-0.39, 0.29) is 16.6 Å². The molecule has 3 N–H and O–H groups in total. The zero-order chi connectivity index (χ0) is 14.8. The summed E-state index contributed by atoms with van der Waals surface area (Å²) in [6.45, 7) is 5.27. The Hall–Kier alpha value is -1.60. The second-order valence-corrected chi connectivity index (χ2v) is 6.64. The molecule has 0 aliphatic carbocycles. The second-order valence-electron chi connectivity index (χ2n) is 5.11. The maximum absolute atomic E-state index is 11.8. The largest absolute Gasteiger partial charge is 0.495 e. The number of anilines is 1. The van der Waals surface area contributed by atoms with Gasteiger partial charge in [-0.2, -0.15) is 0 Å². The van der Waals surface area contributed by atoms with E-state index in [9.17, 15) is 13.2 Å². The van der Waals surface area contributed by atoms with Crippen LogP contribution in [-0.2, 0) is 14.8 Å². The Kier molecular flexibility index (Phi) is 4.21. The quantitative estimate of drug-likeness (QED) is 0.875. The van der Waals surface area contributed by atoms with Crippen LogP contribution >= 0.6 is 0 Å². The fourth-order valence-corrected chi connectivity index (χ4v) is 2.02. The average molecular weight is 286 g/mol. The fraction of sp³-hybridized carbons (Fsp3) is 0.417. The minimum absolute atomic E-state index is 0.135. The first-order chi connectivity index (χ1) is 8.55. The highest BCUT2D eigenvalue weighted by atomic mass is 32.2. The summed E-state index contributed by atoms with van der Waals surface area (Å²) in [5.74, 6) is -0.0886. The van der Waals surface area contributed by atoms with Crippen molar-refractivity contribution in [3.63, 3.8) is 0 Å². The van der Waals surface area contributed by atoms with Crippen LogP contribution in [0.1, 0.15) is 20.8 Å². The summed E-state index contributed by atoms with van der Waals surface area (Å²) < 4.78 is 27.8. The predicted octanol–water partition coefficient (Wildman–Crippen LogP) is 1.33. The topological polar surface area (TPSA) is 98.5 Å². The van der Waals surface area contributed by atoms with Gasteiger partial charge in [0, 0.05) is 11.1 Å². The molecule has 0 saturated carbocycles. The van der Waals surface area contributed by atoms with E-state index in [2.05, 4.69) is 5.32 Å². The molecular formula is C12H18N2O4S. The normalized spacial score (nSPS) is 12.1. The van der Waals surface area contributed by atoms with Crippen LogP contribution in [0.2, 0.25) is 0 Å². The molecular weight excluding hydrogens is 268 g/mol. The molecule has 0 radical (unpaired) electrons. The number of carbonyl (C=O) groups is 1. The number of methoxy groups -OCH3 is 1. The molecule has 0 aliphatic heterocycles.